The average molecular weight is 490 g/mol. The van der Waals surface area contributed by atoms with Gasteiger partial charge in [0.25, 0.3) is 0 Å². The second kappa shape index (κ2) is 11.4. The number of anilines is 2. The minimum absolute atomic E-state index is 0.150. The zero-order chi connectivity index (χ0) is 25.7. The van der Waals surface area contributed by atoms with Crippen LogP contribution in [0.25, 0.3) is 0 Å². The van der Waals surface area contributed by atoms with Gasteiger partial charge in [0.2, 0.25) is 0 Å². The van der Waals surface area contributed by atoms with Gasteiger partial charge in [-0.2, -0.15) is 13.2 Å². The van der Waals surface area contributed by atoms with Crippen molar-refractivity contribution in [2.75, 3.05) is 70.5 Å². The fraction of sp³-hybridized carbons (Fsp3) is 0.652. The molecule has 0 saturated carbocycles. The third-order valence-corrected chi connectivity index (χ3v) is 5.27. The predicted octanol–water partition coefficient (Wildman–Crippen LogP) is 2.95. The van der Waals surface area contributed by atoms with Crippen molar-refractivity contribution in [3.05, 3.63) is 23.8 Å². The highest BCUT2D eigenvalue weighted by Crippen LogP contribution is 2.34. The van der Waals surface area contributed by atoms with E-state index in [1.807, 2.05) is 11.9 Å². The Kier molecular flexibility index (Phi) is 9.32. The molecule has 0 radical (unpaired) electrons. The van der Waals surface area contributed by atoms with Gasteiger partial charge < -0.3 is 24.0 Å². The normalized spacial score (nSPS) is 15.5. The lowest BCUT2D eigenvalue weighted by molar-refractivity contribution is -0.171. The SMILES string of the molecule is COCC(COC)N(C(=O)C(F)(F)F)c1cc(N2CCN(C)CC2)ccc1C(=O)OC(C)(C)C. The number of nitrogens with zero attached hydrogens (tertiary/aromatic N) is 3. The van der Waals surface area contributed by atoms with E-state index in [-0.39, 0.29) is 24.5 Å². The highest BCUT2D eigenvalue weighted by atomic mass is 19.4. The number of esters is 1. The first-order valence-corrected chi connectivity index (χ1v) is 11.0. The predicted molar refractivity (Wildman–Crippen MR) is 122 cm³/mol. The molecule has 0 aromatic heterocycles. The number of likely N-dealkylation sites (N-methyl/N-ethyl adjacent to an activating group) is 1. The van der Waals surface area contributed by atoms with Crippen molar-refractivity contribution < 1.29 is 37.0 Å². The lowest BCUT2D eigenvalue weighted by Gasteiger charge is -2.36. The fourth-order valence-corrected chi connectivity index (χ4v) is 3.68. The number of benzene rings is 1. The number of alkyl halides is 3. The lowest BCUT2D eigenvalue weighted by Crippen LogP contribution is -2.51. The van der Waals surface area contributed by atoms with E-state index in [0.29, 0.717) is 23.7 Å². The Morgan fingerprint density at radius 3 is 2.06 bits per heavy atom. The maximum absolute atomic E-state index is 13.7. The molecule has 34 heavy (non-hydrogen) atoms. The van der Waals surface area contributed by atoms with Crippen LogP contribution in [0.15, 0.2) is 18.2 Å². The standard InChI is InChI=1S/C23H34F3N3O5/c1-22(2,3)34-20(30)18-8-7-16(28-11-9-27(4)10-12-28)13-19(18)29(21(31)23(24,25)26)17(14-32-5)15-33-6/h7-8,13,17H,9-12,14-15H2,1-6H3. The van der Waals surface area contributed by atoms with E-state index in [0.717, 1.165) is 13.1 Å². The molecule has 11 heteroatoms. The molecule has 1 fully saturated rings. The van der Waals surface area contributed by atoms with Crippen LogP contribution in [-0.4, -0.2) is 95.3 Å². The Balaban J connectivity index is 2.67. The molecule has 0 N–H and O–H groups in total. The summed E-state index contributed by atoms with van der Waals surface area (Å²) in [5.74, 6) is -2.95. The van der Waals surface area contributed by atoms with Crippen LogP contribution in [-0.2, 0) is 19.0 Å². The van der Waals surface area contributed by atoms with E-state index in [1.54, 1.807) is 26.8 Å². The quantitative estimate of drug-likeness (QED) is 0.520. The monoisotopic (exact) mass is 489 g/mol. The number of amides is 1. The number of carbonyl (C=O) groups is 2. The van der Waals surface area contributed by atoms with Crippen LogP contribution in [0.4, 0.5) is 24.5 Å². The molecule has 1 amide bonds. The molecule has 192 valence electrons. The summed E-state index contributed by atoms with van der Waals surface area (Å²) in [4.78, 5) is 30.4. The molecule has 1 aliphatic heterocycles. The van der Waals surface area contributed by atoms with Crippen molar-refractivity contribution in [3.63, 3.8) is 0 Å². The second-order valence-electron chi connectivity index (χ2n) is 9.23. The molecular formula is C23H34F3N3O5. The highest BCUT2D eigenvalue weighted by Gasteiger charge is 2.46. The van der Waals surface area contributed by atoms with Crippen LogP contribution in [0, 0.1) is 0 Å². The number of carbonyl (C=O) groups excluding carboxylic acids is 2. The minimum atomic E-state index is -5.19. The lowest BCUT2D eigenvalue weighted by atomic mass is 10.1. The maximum Gasteiger partial charge on any atom is 0.471 e. The third-order valence-electron chi connectivity index (χ3n) is 5.27. The molecule has 0 spiro atoms. The molecule has 2 rings (SSSR count). The molecule has 0 unspecified atom stereocenters. The molecule has 0 aliphatic carbocycles. The van der Waals surface area contributed by atoms with Crippen molar-refractivity contribution in [2.24, 2.45) is 0 Å². The van der Waals surface area contributed by atoms with Crippen molar-refractivity contribution in [1.29, 1.82) is 0 Å². The third kappa shape index (κ3) is 7.31. The molecule has 1 aliphatic rings. The Bertz CT molecular complexity index is 843. The molecule has 1 aromatic rings. The fourth-order valence-electron chi connectivity index (χ4n) is 3.68. The Labute approximate surface area is 198 Å². The van der Waals surface area contributed by atoms with E-state index in [9.17, 15) is 22.8 Å². The van der Waals surface area contributed by atoms with Gasteiger partial charge in [-0.3, -0.25) is 9.69 Å². The number of hydrogen-bond acceptors (Lipinski definition) is 7. The molecular weight excluding hydrogens is 455 g/mol. The van der Waals surface area contributed by atoms with Gasteiger partial charge in [-0.15, -0.1) is 0 Å². The second-order valence-corrected chi connectivity index (χ2v) is 9.23. The van der Waals surface area contributed by atoms with E-state index < -0.39 is 29.7 Å². The van der Waals surface area contributed by atoms with Gasteiger partial charge in [-0.1, -0.05) is 0 Å². The number of ether oxygens (including phenoxy) is 3. The van der Waals surface area contributed by atoms with Gasteiger partial charge in [0.05, 0.1) is 30.5 Å². The Hall–Kier alpha value is -2.37. The van der Waals surface area contributed by atoms with Crippen LogP contribution < -0.4 is 9.80 Å². The number of piperazine rings is 1. The molecule has 1 saturated heterocycles. The summed E-state index contributed by atoms with van der Waals surface area (Å²) < 4.78 is 56.8. The van der Waals surface area contributed by atoms with Gasteiger partial charge in [-0.05, 0) is 46.0 Å². The van der Waals surface area contributed by atoms with Crippen LogP contribution >= 0.6 is 0 Å². The minimum Gasteiger partial charge on any atom is -0.456 e. The number of halogens is 3. The number of rotatable bonds is 8. The average Bonchev–Trinajstić information content (AvgIpc) is 2.72. The zero-order valence-electron chi connectivity index (χ0n) is 20.6. The molecule has 8 nitrogen and oxygen atoms in total. The van der Waals surface area contributed by atoms with E-state index in [4.69, 9.17) is 14.2 Å². The van der Waals surface area contributed by atoms with Gasteiger partial charge in [0.1, 0.15) is 5.60 Å². The largest absolute Gasteiger partial charge is 0.471 e. The number of hydrogen-bond donors (Lipinski definition) is 0. The van der Waals surface area contributed by atoms with E-state index in [2.05, 4.69) is 4.90 Å². The summed E-state index contributed by atoms with van der Waals surface area (Å²) in [7, 11) is 4.61. The smallest absolute Gasteiger partial charge is 0.456 e. The van der Waals surface area contributed by atoms with Crippen LogP contribution in [0.5, 0.6) is 0 Å². The van der Waals surface area contributed by atoms with Gasteiger partial charge in [-0.25, -0.2) is 4.79 Å². The van der Waals surface area contributed by atoms with Crippen molar-refractivity contribution in [1.82, 2.24) is 4.90 Å². The first-order chi connectivity index (χ1) is 15.8. The molecule has 0 atom stereocenters. The van der Waals surface area contributed by atoms with E-state index >= 15 is 0 Å². The maximum atomic E-state index is 13.7. The number of methoxy groups -OCH3 is 2. The van der Waals surface area contributed by atoms with Crippen LogP contribution in [0.1, 0.15) is 31.1 Å². The van der Waals surface area contributed by atoms with Crippen molar-refractivity contribution >= 4 is 23.3 Å². The summed E-state index contributed by atoms with van der Waals surface area (Å²) in [6.07, 6.45) is -5.19. The summed E-state index contributed by atoms with van der Waals surface area (Å²) in [6, 6.07) is 3.37. The summed E-state index contributed by atoms with van der Waals surface area (Å²) in [6.45, 7) is 7.32. The molecule has 1 aromatic carbocycles. The van der Waals surface area contributed by atoms with Gasteiger partial charge in [0, 0.05) is 46.1 Å². The first-order valence-electron chi connectivity index (χ1n) is 11.0. The Morgan fingerprint density at radius 2 is 1.59 bits per heavy atom. The first kappa shape index (κ1) is 27.9. The van der Waals surface area contributed by atoms with Crippen molar-refractivity contribution in [3.8, 4) is 0 Å². The highest BCUT2D eigenvalue weighted by molar-refractivity contribution is 6.05. The summed E-state index contributed by atoms with van der Waals surface area (Å²) in [5, 5.41) is 0. The summed E-state index contributed by atoms with van der Waals surface area (Å²) in [5.41, 5.74) is -0.638. The zero-order valence-corrected chi connectivity index (χ0v) is 20.6. The van der Waals surface area contributed by atoms with Crippen LogP contribution in [0.3, 0.4) is 0 Å². The van der Waals surface area contributed by atoms with E-state index in [1.165, 1.54) is 26.4 Å². The molecule has 1 heterocycles. The summed E-state index contributed by atoms with van der Waals surface area (Å²) >= 11 is 0. The van der Waals surface area contributed by atoms with Gasteiger partial charge >= 0.3 is 18.1 Å². The Morgan fingerprint density at radius 1 is 1.03 bits per heavy atom. The van der Waals surface area contributed by atoms with Crippen molar-refractivity contribution in [2.45, 2.75) is 38.6 Å². The van der Waals surface area contributed by atoms with Crippen LogP contribution in [0.2, 0.25) is 0 Å². The topological polar surface area (TPSA) is 71.6 Å². The molecule has 0 bridgehead atoms. The van der Waals surface area contributed by atoms with Gasteiger partial charge in [0.15, 0.2) is 0 Å².